The van der Waals surface area contributed by atoms with Gasteiger partial charge in [-0.1, -0.05) is 29.8 Å². The molecular weight excluding hydrogens is 370 g/mol. The Bertz CT molecular complexity index is 856. The Kier molecular flexibility index (Phi) is 5.86. The highest BCUT2D eigenvalue weighted by molar-refractivity contribution is 6.07. The van der Waals surface area contributed by atoms with Crippen molar-refractivity contribution in [3.63, 3.8) is 0 Å². The van der Waals surface area contributed by atoms with Crippen molar-refractivity contribution in [1.82, 2.24) is 9.80 Å². The molecule has 7 nitrogen and oxygen atoms in total. The first kappa shape index (κ1) is 20.8. The zero-order valence-corrected chi connectivity index (χ0v) is 17.3. The van der Waals surface area contributed by atoms with Gasteiger partial charge in [-0.05, 0) is 44.7 Å². The Morgan fingerprint density at radius 1 is 1.03 bits per heavy atom. The second kappa shape index (κ2) is 8.19. The lowest BCUT2D eigenvalue weighted by Gasteiger charge is -2.21. The topological polar surface area (TPSA) is 86.8 Å². The monoisotopic (exact) mass is 397 g/mol. The van der Waals surface area contributed by atoms with Gasteiger partial charge in [-0.15, -0.1) is 0 Å². The highest BCUT2D eigenvalue weighted by Gasteiger charge is 2.47. The number of hydrogen-bond acceptors (Lipinski definition) is 4. The predicted octanol–water partition coefficient (Wildman–Crippen LogP) is 1.96. The number of aryl methyl sites for hydroxylation is 3. The maximum atomic E-state index is 12.5. The highest BCUT2D eigenvalue weighted by atomic mass is 16.2. The Hall–Kier alpha value is -2.96. The summed E-state index contributed by atoms with van der Waals surface area (Å²) < 4.78 is 0. The highest BCUT2D eigenvalue weighted by Crippen LogP contribution is 2.34. The molecule has 2 aliphatic rings. The fourth-order valence-corrected chi connectivity index (χ4v) is 4.14. The number of carbonyl (C=O) groups excluding carboxylic acids is 4. The van der Waals surface area contributed by atoms with Crippen LogP contribution >= 0.6 is 0 Å². The van der Waals surface area contributed by atoms with Gasteiger partial charge < -0.3 is 10.2 Å². The van der Waals surface area contributed by atoms with Gasteiger partial charge >= 0.3 is 0 Å². The number of carbonyl (C=O) groups is 4. The minimum absolute atomic E-state index is 0.157. The third-order valence-electron chi connectivity index (χ3n) is 5.64. The molecule has 0 saturated carbocycles. The van der Waals surface area contributed by atoms with Gasteiger partial charge in [-0.3, -0.25) is 24.1 Å². The summed E-state index contributed by atoms with van der Waals surface area (Å²) in [4.78, 5) is 52.3. The van der Waals surface area contributed by atoms with Gasteiger partial charge in [0, 0.05) is 12.7 Å². The van der Waals surface area contributed by atoms with E-state index < -0.39 is 5.91 Å². The average molecular weight is 397 g/mol. The quantitative estimate of drug-likeness (QED) is 0.608. The Morgan fingerprint density at radius 3 is 2.07 bits per heavy atom. The van der Waals surface area contributed by atoms with E-state index in [2.05, 4.69) is 5.32 Å². The molecular formula is C22H27N3O4. The molecule has 0 aromatic heterocycles. The number of fused-ring (bicyclic) bond motifs is 1. The number of amides is 4. The fraction of sp³-hybridized carbons (Fsp3) is 0.455. The third-order valence-corrected chi connectivity index (χ3v) is 5.64. The average Bonchev–Trinajstić information content (AvgIpc) is 2.90. The Balaban J connectivity index is 1.59. The Morgan fingerprint density at radius 2 is 1.55 bits per heavy atom. The number of nitrogens with zero attached hydrogens (tertiary/aromatic N) is 2. The van der Waals surface area contributed by atoms with Crippen LogP contribution in [0, 0.1) is 32.6 Å². The van der Waals surface area contributed by atoms with Gasteiger partial charge in [0.2, 0.25) is 23.6 Å². The van der Waals surface area contributed by atoms with Gasteiger partial charge in [0.1, 0.15) is 6.54 Å². The van der Waals surface area contributed by atoms with Crippen molar-refractivity contribution in [1.29, 1.82) is 0 Å². The second-order valence-electron chi connectivity index (χ2n) is 7.99. The van der Waals surface area contributed by atoms with Crippen molar-refractivity contribution in [3.8, 4) is 0 Å². The van der Waals surface area contributed by atoms with Crippen LogP contribution in [0.3, 0.4) is 0 Å². The molecule has 3 rings (SSSR count). The number of allylic oxidation sites excluding steroid dienone is 2. The van der Waals surface area contributed by atoms with Gasteiger partial charge in [0.25, 0.3) is 0 Å². The van der Waals surface area contributed by atoms with Crippen molar-refractivity contribution in [2.45, 2.75) is 33.6 Å². The van der Waals surface area contributed by atoms with Crippen LogP contribution in [0.1, 0.15) is 29.5 Å². The zero-order valence-electron chi connectivity index (χ0n) is 17.3. The standard InChI is InChI=1S/C22H27N3O4/c1-13-9-14(2)20(15(3)10-13)23-18(26)11-24(4)19(27)12-25-21(28)16-7-5-6-8-17(16)22(25)29/h5-6,9-10,16-17H,7-8,11-12H2,1-4H3,(H,23,26)/t16-,17-/m0/s1. The van der Waals surface area contributed by atoms with E-state index in [4.69, 9.17) is 0 Å². The summed E-state index contributed by atoms with van der Waals surface area (Å²) >= 11 is 0. The van der Waals surface area contributed by atoms with E-state index in [1.807, 2.05) is 45.1 Å². The van der Waals surface area contributed by atoms with Crippen LogP contribution in [-0.4, -0.2) is 53.6 Å². The van der Waals surface area contributed by atoms with E-state index in [0.29, 0.717) is 12.8 Å². The molecule has 29 heavy (non-hydrogen) atoms. The smallest absolute Gasteiger partial charge is 0.243 e. The molecule has 1 heterocycles. The third kappa shape index (κ3) is 4.23. The summed E-state index contributed by atoms with van der Waals surface area (Å²) in [5.74, 6) is -2.07. The molecule has 1 aliphatic heterocycles. The molecule has 1 aliphatic carbocycles. The number of nitrogens with one attached hydrogen (secondary N) is 1. The SMILES string of the molecule is Cc1cc(C)c(NC(=O)CN(C)C(=O)CN2C(=O)[C@H]3CC=CC[C@@H]3C2=O)c(C)c1. The van der Waals surface area contributed by atoms with Crippen LogP contribution in [0.4, 0.5) is 5.69 Å². The van der Waals surface area contributed by atoms with Crippen molar-refractivity contribution < 1.29 is 19.2 Å². The van der Waals surface area contributed by atoms with Crippen LogP contribution in [0.15, 0.2) is 24.3 Å². The first-order valence-corrected chi connectivity index (χ1v) is 9.81. The summed E-state index contributed by atoms with van der Waals surface area (Å²) in [5, 5.41) is 2.85. The normalized spacial score (nSPS) is 20.6. The molecule has 1 N–H and O–H groups in total. The minimum atomic E-state index is -0.439. The number of benzene rings is 1. The summed E-state index contributed by atoms with van der Waals surface area (Å²) in [5.41, 5.74) is 3.76. The summed E-state index contributed by atoms with van der Waals surface area (Å²) in [6.45, 7) is 5.35. The largest absolute Gasteiger partial charge is 0.335 e. The van der Waals surface area contributed by atoms with Crippen molar-refractivity contribution in [2.24, 2.45) is 11.8 Å². The minimum Gasteiger partial charge on any atom is -0.335 e. The van der Waals surface area contributed by atoms with Gasteiger partial charge in [0.15, 0.2) is 0 Å². The van der Waals surface area contributed by atoms with Gasteiger partial charge in [0.05, 0.1) is 18.4 Å². The number of likely N-dealkylation sites (tertiary alicyclic amines) is 1. The summed E-state index contributed by atoms with van der Waals surface area (Å²) in [7, 11) is 1.50. The molecule has 1 saturated heterocycles. The Labute approximate surface area is 170 Å². The van der Waals surface area contributed by atoms with E-state index in [1.54, 1.807) is 0 Å². The fourth-order valence-electron chi connectivity index (χ4n) is 4.14. The van der Waals surface area contributed by atoms with Crippen molar-refractivity contribution >= 4 is 29.3 Å². The number of rotatable bonds is 5. The first-order chi connectivity index (χ1) is 13.7. The molecule has 154 valence electrons. The number of likely N-dealkylation sites (N-methyl/N-ethyl adjacent to an activating group) is 1. The van der Waals surface area contributed by atoms with E-state index in [1.165, 1.54) is 11.9 Å². The van der Waals surface area contributed by atoms with Crippen LogP contribution < -0.4 is 5.32 Å². The lowest BCUT2D eigenvalue weighted by atomic mass is 9.85. The first-order valence-electron chi connectivity index (χ1n) is 9.81. The zero-order chi connectivity index (χ0) is 21.3. The molecule has 0 spiro atoms. The maximum Gasteiger partial charge on any atom is 0.243 e. The number of anilines is 1. The van der Waals surface area contributed by atoms with E-state index in [-0.39, 0.29) is 42.6 Å². The maximum absolute atomic E-state index is 12.5. The van der Waals surface area contributed by atoms with Gasteiger partial charge in [-0.2, -0.15) is 0 Å². The lowest BCUT2D eigenvalue weighted by Crippen LogP contribution is -2.44. The molecule has 1 aromatic carbocycles. The van der Waals surface area contributed by atoms with Crippen LogP contribution in [0.2, 0.25) is 0 Å². The van der Waals surface area contributed by atoms with Crippen LogP contribution in [-0.2, 0) is 19.2 Å². The second-order valence-corrected chi connectivity index (χ2v) is 7.99. The molecule has 0 radical (unpaired) electrons. The molecule has 1 aromatic rings. The molecule has 4 amide bonds. The predicted molar refractivity (Wildman–Crippen MR) is 109 cm³/mol. The molecule has 2 atom stereocenters. The van der Waals surface area contributed by atoms with Crippen LogP contribution in [0.5, 0.6) is 0 Å². The van der Waals surface area contributed by atoms with Gasteiger partial charge in [-0.25, -0.2) is 0 Å². The number of hydrogen-bond donors (Lipinski definition) is 1. The molecule has 1 fully saturated rings. The van der Waals surface area contributed by atoms with Crippen molar-refractivity contribution in [2.75, 3.05) is 25.5 Å². The summed E-state index contributed by atoms with van der Waals surface area (Å²) in [6.07, 6.45) is 4.88. The van der Waals surface area contributed by atoms with Crippen molar-refractivity contribution in [3.05, 3.63) is 41.0 Å². The van der Waals surface area contributed by atoms with E-state index in [9.17, 15) is 19.2 Å². The van der Waals surface area contributed by atoms with E-state index >= 15 is 0 Å². The molecule has 0 unspecified atom stereocenters. The van der Waals surface area contributed by atoms with E-state index in [0.717, 1.165) is 27.3 Å². The molecule has 7 heteroatoms. The lowest BCUT2D eigenvalue weighted by molar-refractivity contribution is -0.146. The van der Waals surface area contributed by atoms with Crippen LogP contribution in [0.25, 0.3) is 0 Å². The molecule has 0 bridgehead atoms. The summed E-state index contributed by atoms with van der Waals surface area (Å²) in [6, 6.07) is 3.97. The number of imide groups is 1.